The molecule has 3 aromatic carbocycles. The highest BCUT2D eigenvalue weighted by molar-refractivity contribution is 7.98. The number of urea groups is 1. The average Bonchev–Trinajstić information content (AvgIpc) is 3.27. The normalized spacial score (nSPS) is 10.7. The number of non-ortho nitro benzene ring substituents is 1. The summed E-state index contributed by atoms with van der Waals surface area (Å²) in [5.74, 6) is 1.08. The number of carbonyl (C=O) groups excluding carboxylic acids is 1. The molecule has 4 rings (SSSR count). The molecule has 0 saturated heterocycles. The topological polar surface area (TPSA) is 115 Å². The Labute approximate surface area is 214 Å². The second kappa shape index (κ2) is 11.2. The fraction of sp³-hybridized carbons (Fsp3) is 0.0870. The van der Waals surface area contributed by atoms with Crippen molar-refractivity contribution in [3.63, 3.8) is 0 Å². The fourth-order valence-electron chi connectivity index (χ4n) is 3.15. The average molecular weight is 529 g/mol. The van der Waals surface area contributed by atoms with Gasteiger partial charge in [-0.2, -0.15) is 0 Å². The summed E-state index contributed by atoms with van der Waals surface area (Å²) in [6, 6.07) is 20.3. The van der Waals surface area contributed by atoms with E-state index in [4.69, 9.17) is 23.2 Å². The van der Waals surface area contributed by atoms with E-state index < -0.39 is 11.0 Å². The number of hydrogen-bond acceptors (Lipinski definition) is 6. The quantitative estimate of drug-likeness (QED) is 0.162. The van der Waals surface area contributed by atoms with E-state index in [-0.39, 0.29) is 12.2 Å². The number of nitro groups is 1. The third-order valence-electron chi connectivity index (χ3n) is 4.84. The Morgan fingerprint density at radius 3 is 2.31 bits per heavy atom. The summed E-state index contributed by atoms with van der Waals surface area (Å²) in [7, 11) is 0. The molecule has 0 fully saturated rings. The summed E-state index contributed by atoms with van der Waals surface area (Å²) in [6.07, 6.45) is 0. The molecule has 0 saturated carbocycles. The summed E-state index contributed by atoms with van der Waals surface area (Å²) in [4.78, 5) is 23.1. The van der Waals surface area contributed by atoms with Gasteiger partial charge in [-0.25, -0.2) is 4.79 Å². The van der Waals surface area contributed by atoms with Crippen LogP contribution in [0.25, 0.3) is 5.69 Å². The minimum absolute atomic E-state index is 0.0315. The van der Waals surface area contributed by atoms with Gasteiger partial charge in [0.2, 0.25) is 0 Å². The summed E-state index contributed by atoms with van der Waals surface area (Å²) in [6.45, 7) is 0.0315. The van der Waals surface area contributed by atoms with Gasteiger partial charge in [-0.1, -0.05) is 71.4 Å². The van der Waals surface area contributed by atoms with Crippen molar-refractivity contribution >= 4 is 52.4 Å². The molecular weight excluding hydrogens is 511 g/mol. The highest BCUT2D eigenvalue weighted by Crippen LogP contribution is 2.30. The molecule has 0 atom stereocenters. The van der Waals surface area contributed by atoms with E-state index in [2.05, 4.69) is 20.8 Å². The molecule has 4 aromatic rings. The number of anilines is 1. The van der Waals surface area contributed by atoms with Gasteiger partial charge in [0, 0.05) is 23.6 Å². The van der Waals surface area contributed by atoms with E-state index in [9.17, 15) is 14.9 Å². The number of nitrogens with zero attached hydrogens (tertiary/aromatic N) is 4. The van der Waals surface area contributed by atoms with Gasteiger partial charge in [0.25, 0.3) is 5.69 Å². The van der Waals surface area contributed by atoms with E-state index in [1.54, 1.807) is 34.9 Å². The van der Waals surface area contributed by atoms with Crippen molar-refractivity contribution in [3.05, 3.63) is 104 Å². The van der Waals surface area contributed by atoms with Gasteiger partial charge in [0.15, 0.2) is 11.0 Å². The predicted molar refractivity (Wildman–Crippen MR) is 136 cm³/mol. The largest absolute Gasteiger partial charge is 0.331 e. The van der Waals surface area contributed by atoms with Crippen molar-refractivity contribution in [1.29, 1.82) is 0 Å². The predicted octanol–water partition coefficient (Wildman–Crippen LogP) is 6.10. The Balaban J connectivity index is 1.55. The van der Waals surface area contributed by atoms with Gasteiger partial charge in [-0.3, -0.25) is 14.7 Å². The van der Waals surface area contributed by atoms with E-state index in [0.29, 0.717) is 38.2 Å². The van der Waals surface area contributed by atoms with Gasteiger partial charge in [-0.15, -0.1) is 10.2 Å². The smallest absolute Gasteiger partial charge is 0.319 e. The number of benzene rings is 3. The van der Waals surface area contributed by atoms with Crippen molar-refractivity contribution < 1.29 is 9.72 Å². The second-order valence-electron chi connectivity index (χ2n) is 7.19. The molecule has 1 aromatic heterocycles. The van der Waals surface area contributed by atoms with Crippen molar-refractivity contribution in [2.24, 2.45) is 0 Å². The zero-order chi connectivity index (χ0) is 24.8. The lowest BCUT2D eigenvalue weighted by atomic mass is 10.2. The van der Waals surface area contributed by atoms with Crippen LogP contribution in [0, 0.1) is 10.1 Å². The lowest BCUT2D eigenvalue weighted by Crippen LogP contribution is -2.29. The van der Waals surface area contributed by atoms with Gasteiger partial charge in [0.1, 0.15) is 0 Å². The van der Waals surface area contributed by atoms with Crippen molar-refractivity contribution in [2.45, 2.75) is 17.5 Å². The Hall–Kier alpha value is -3.60. The van der Waals surface area contributed by atoms with Crippen LogP contribution >= 0.6 is 35.0 Å². The number of rotatable bonds is 8. The van der Waals surface area contributed by atoms with Crippen LogP contribution in [0.15, 0.2) is 78.0 Å². The van der Waals surface area contributed by atoms with Crippen LogP contribution in [-0.4, -0.2) is 25.7 Å². The lowest BCUT2D eigenvalue weighted by Gasteiger charge is -2.12. The van der Waals surface area contributed by atoms with E-state index in [0.717, 1.165) is 5.56 Å². The molecule has 12 heteroatoms. The van der Waals surface area contributed by atoms with Gasteiger partial charge >= 0.3 is 6.03 Å². The van der Waals surface area contributed by atoms with Crippen molar-refractivity contribution in [2.75, 3.05) is 5.32 Å². The van der Waals surface area contributed by atoms with Crippen LogP contribution in [0.4, 0.5) is 16.2 Å². The van der Waals surface area contributed by atoms with Crippen LogP contribution in [0.3, 0.4) is 0 Å². The van der Waals surface area contributed by atoms with Gasteiger partial charge in [-0.05, 0) is 29.8 Å². The fourth-order valence-corrected chi connectivity index (χ4v) is 4.57. The first-order chi connectivity index (χ1) is 16.9. The first-order valence-corrected chi connectivity index (χ1v) is 12.0. The molecule has 0 spiro atoms. The third-order valence-corrected chi connectivity index (χ3v) is 6.47. The molecule has 1 heterocycles. The highest BCUT2D eigenvalue weighted by Gasteiger charge is 2.17. The summed E-state index contributed by atoms with van der Waals surface area (Å²) in [5.41, 5.74) is 1.99. The first-order valence-electron chi connectivity index (χ1n) is 10.3. The van der Waals surface area contributed by atoms with Crippen molar-refractivity contribution in [1.82, 2.24) is 20.1 Å². The van der Waals surface area contributed by atoms with Crippen molar-refractivity contribution in [3.8, 4) is 5.69 Å². The zero-order valence-electron chi connectivity index (χ0n) is 18.0. The number of halogens is 2. The molecule has 0 aliphatic carbocycles. The number of nitrogens with one attached hydrogen (secondary N) is 2. The number of hydrogen-bond donors (Lipinski definition) is 2. The Kier molecular flexibility index (Phi) is 7.86. The minimum atomic E-state index is -0.531. The number of nitro benzene ring substituents is 1. The second-order valence-corrected chi connectivity index (χ2v) is 8.94. The van der Waals surface area contributed by atoms with Crippen LogP contribution in [0.2, 0.25) is 10.0 Å². The van der Waals surface area contributed by atoms with Crippen LogP contribution in [0.1, 0.15) is 11.4 Å². The van der Waals surface area contributed by atoms with Gasteiger partial charge in [0.05, 0.1) is 27.2 Å². The summed E-state index contributed by atoms with van der Waals surface area (Å²) < 4.78 is 1.75. The molecule has 9 nitrogen and oxygen atoms in total. The maximum Gasteiger partial charge on any atom is 0.319 e. The molecular formula is C23H18Cl2N6O3S. The molecule has 0 aliphatic rings. The molecule has 2 amide bonds. The molecule has 0 bridgehead atoms. The number of para-hydroxylation sites is 1. The number of aromatic nitrogens is 3. The van der Waals surface area contributed by atoms with Crippen LogP contribution < -0.4 is 10.6 Å². The molecule has 0 aliphatic heterocycles. The SMILES string of the molecule is O=C(NCc1nnc(SCc2ccccc2)n1-c1ccc([N+](=O)[O-])cc1)Nc1c(Cl)cccc1Cl. The van der Waals surface area contributed by atoms with E-state index >= 15 is 0 Å². The Morgan fingerprint density at radius 1 is 0.971 bits per heavy atom. The monoisotopic (exact) mass is 528 g/mol. The minimum Gasteiger partial charge on any atom is -0.331 e. The lowest BCUT2D eigenvalue weighted by molar-refractivity contribution is -0.384. The number of amides is 2. The van der Waals surface area contributed by atoms with E-state index in [1.807, 2.05) is 30.3 Å². The van der Waals surface area contributed by atoms with Gasteiger partial charge < -0.3 is 10.6 Å². The standard InChI is InChI=1S/C23H18Cl2N6O3S/c24-18-7-4-8-19(25)21(18)27-22(32)26-13-20-28-29-23(35-14-15-5-2-1-3-6-15)30(20)16-9-11-17(12-10-16)31(33)34/h1-12H,13-14H2,(H2,26,27,32). The first kappa shape index (κ1) is 24.5. The Bertz CT molecular complexity index is 1330. The molecule has 35 heavy (non-hydrogen) atoms. The maximum atomic E-state index is 12.5. The molecule has 2 N–H and O–H groups in total. The maximum absolute atomic E-state index is 12.5. The van der Waals surface area contributed by atoms with Crippen LogP contribution in [-0.2, 0) is 12.3 Å². The number of carbonyl (C=O) groups is 1. The highest BCUT2D eigenvalue weighted by atomic mass is 35.5. The zero-order valence-corrected chi connectivity index (χ0v) is 20.3. The summed E-state index contributed by atoms with van der Waals surface area (Å²) in [5, 5.41) is 26.1. The molecule has 0 unspecified atom stereocenters. The molecule has 178 valence electrons. The van der Waals surface area contributed by atoms with E-state index in [1.165, 1.54) is 23.9 Å². The summed E-state index contributed by atoms with van der Waals surface area (Å²) >= 11 is 13.7. The van der Waals surface area contributed by atoms with Crippen LogP contribution in [0.5, 0.6) is 0 Å². The molecule has 0 radical (unpaired) electrons. The third kappa shape index (κ3) is 6.10. The number of thioether (sulfide) groups is 1. The Morgan fingerprint density at radius 2 is 1.66 bits per heavy atom.